The Morgan fingerprint density at radius 1 is 0.946 bits per heavy atom. The number of hydrogen-bond acceptors (Lipinski definition) is 3. The minimum Gasteiger partial charge on any atom is -0.326 e. The molecule has 0 saturated heterocycles. The number of aromatic amines is 1. The van der Waals surface area contributed by atoms with Crippen LogP contribution in [0.3, 0.4) is 0 Å². The van der Waals surface area contributed by atoms with Gasteiger partial charge in [-0.05, 0) is 78.8 Å². The largest absolute Gasteiger partial charge is 0.326 e. The van der Waals surface area contributed by atoms with Gasteiger partial charge in [0.1, 0.15) is 0 Å². The van der Waals surface area contributed by atoms with Gasteiger partial charge in [-0.1, -0.05) is 61.5 Å². The third-order valence-electron chi connectivity index (χ3n) is 9.30. The number of amides is 1. The number of nitrogens with one attached hydrogen (secondary N) is 2. The van der Waals surface area contributed by atoms with Gasteiger partial charge in [0, 0.05) is 22.2 Å². The molecule has 1 amide bonds. The highest BCUT2D eigenvalue weighted by Crippen LogP contribution is 2.75. The van der Waals surface area contributed by atoms with Crippen molar-refractivity contribution < 1.29 is 9.59 Å². The Balaban J connectivity index is 1.10. The second kappa shape index (κ2) is 8.01. The number of benzene rings is 3. The average Bonchev–Trinajstić information content (AvgIpc) is 3.69. The van der Waals surface area contributed by atoms with Crippen molar-refractivity contribution in [1.82, 2.24) is 10.2 Å². The smallest absolute Gasteiger partial charge is 0.230 e. The number of fused-ring (bicyclic) bond motifs is 1. The van der Waals surface area contributed by atoms with Gasteiger partial charge in [-0.2, -0.15) is 5.10 Å². The second-order valence-corrected chi connectivity index (χ2v) is 11.5. The van der Waals surface area contributed by atoms with E-state index in [4.69, 9.17) is 0 Å². The number of hydrogen-bond donors (Lipinski definition) is 2. The Morgan fingerprint density at radius 2 is 1.78 bits per heavy atom. The SMILES string of the molecule is C[C@@]12C[C@H]3C[C@H]1C[C@@]3(C(=O)Nc1cccc(C(=O)c3ccc4c(/C=C/c5ccccc5)n[nH]c4c3)c1)C2. The molecule has 37 heavy (non-hydrogen) atoms. The zero-order valence-corrected chi connectivity index (χ0v) is 20.8. The molecule has 4 saturated carbocycles. The monoisotopic (exact) mass is 487 g/mol. The van der Waals surface area contributed by atoms with Crippen LogP contribution in [0.2, 0.25) is 0 Å². The van der Waals surface area contributed by atoms with E-state index in [1.165, 1.54) is 12.8 Å². The lowest BCUT2D eigenvalue weighted by atomic mass is 9.79. The van der Waals surface area contributed by atoms with Crippen molar-refractivity contribution in [3.8, 4) is 0 Å². The quantitative estimate of drug-likeness (QED) is 0.296. The summed E-state index contributed by atoms with van der Waals surface area (Å²) in [7, 11) is 0. The van der Waals surface area contributed by atoms with Gasteiger partial charge in [-0.25, -0.2) is 0 Å². The van der Waals surface area contributed by atoms with Gasteiger partial charge in [0.25, 0.3) is 0 Å². The van der Waals surface area contributed by atoms with Crippen LogP contribution in [-0.4, -0.2) is 21.9 Å². The van der Waals surface area contributed by atoms with Crippen LogP contribution >= 0.6 is 0 Å². The van der Waals surface area contributed by atoms with E-state index in [0.717, 1.165) is 35.0 Å². The Labute approximate surface area is 216 Å². The number of aromatic nitrogens is 2. The Hall–Kier alpha value is -3.99. The lowest BCUT2D eigenvalue weighted by Gasteiger charge is -2.27. The van der Waals surface area contributed by atoms with Crippen LogP contribution < -0.4 is 5.32 Å². The third-order valence-corrected chi connectivity index (χ3v) is 9.30. The summed E-state index contributed by atoms with van der Waals surface area (Å²) in [5.41, 5.74) is 4.72. The molecule has 1 aromatic heterocycles. The van der Waals surface area contributed by atoms with Crippen LogP contribution in [0, 0.1) is 22.7 Å². The molecule has 1 heterocycles. The molecule has 4 fully saturated rings. The topological polar surface area (TPSA) is 74.8 Å². The summed E-state index contributed by atoms with van der Waals surface area (Å²) in [5.74, 6) is 1.27. The molecule has 0 aliphatic heterocycles. The van der Waals surface area contributed by atoms with Crippen molar-refractivity contribution >= 4 is 40.4 Å². The van der Waals surface area contributed by atoms with Gasteiger partial charge >= 0.3 is 0 Å². The highest BCUT2D eigenvalue weighted by Gasteiger charge is 2.71. The Morgan fingerprint density at radius 3 is 2.51 bits per heavy atom. The molecule has 5 heteroatoms. The highest BCUT2D eigenvalue weighted by atomic mass is 16.2. The molecule has 4 aromatic rings. The van der Waals surface area contributed by atoms with E-state index < -0.39 is 0 Å². The molecule has 4 atom stereocenters. The zero-order chi connectivity index (χ0) is 25.2. The Kier molecular flexibility index (Phi) is 4.81. The molecule has 4 bridgehead atoms. The van der Waals surface area contributed by atoms with Crippen LogP contribution in [0.5, 0.6) is 0 Å². The third kappa shape index (κ3) is 3.48. The molecule has 0 radical (unpaired) electrons. The summed E-state index contributed by atoms with van der Waals surface area (Å²) in [4.78, 5) is 26.8. The van der Waals surface area contributed by atoms with E-state index in [1.807, 2.05) is 72.8 Å². The summed E-state index contributed by atoms with van der Waals surface area (Å²) in [6.07, 6.45) is 8.40. The summed E-state index contributed by atoms with van der Waals surface area (Å²) in [6, 6.07) is 23.0. The zero-order valence-electron chi connectivity index (χ0n) is 20.8. The van der Waals surface area contributed by atoms with Gasteiger partial charge in [0.2, 0.25) is 5.91 Å². The van der Waals surface area contributed by atoms with Gasteiger partial charge in [0.15, 0.2) is 5.78 Å². The lowest BCUT2D eigenvalue weighted by molar-refractivity contribution is -0.126. The standard InChI is InChI=1S/C32H29N3O2/c1-31-17-24-16-23(31)18-32(24,19-31)30(37)33-25-9-5-8-21(14-25)29(36)22-11-12-26-27(34-35-28(26)15-22)13-10-20-6-3-2-4-7-20/h2-15,23-24H,16-19H2,1H3,(H,33,37)(H,34,35)/b13-10+/t23-,24+,31-,32+/m0/s1. The minimum absolute atomic E-state index is 0.0799. The number of rotatable bonds is 6. The first-order valence-electron chi connectivity index (χ1n) is 13.1. The molecular formula is C32H29N3O2. The molecule has 4 aliphatic rings. The first kappa shape index (κ1) is 22.2. The maximum Gasteiger partial charge on any atom is 0.230 e. The maximum atomic E-state index is 13.4. The van der Waals surface area contributed by atoms with E-state index in [0.29, 0.717) is 34.1 Å². The van der Waals surface area contributed by atoms with E-state index >= 15 is 0 Å². The number of nitrogens with zero attached hydrogens (tertiary/aromatic N) is 1. The molecule has 2 N–H and O–H groups in total. The lowest BCUT2D eigenvalue weighted by Crippen LogP contribution is -2.35. The molecule has 3 aromatic carbocycles. The summed E-state index contributed by atoms with van der Waals surface area (Å²) < 4.78 is 0. The van der Waals surface area contributed by atoms with Crippen molar-refractivity contribution in [3.05, 3.63) is 95.2 Å². The molecule has 0 unspecified atom stereocenters. The molecule has 8 rings (SSSR count). The number of carbonyl (C=O) groups excluding carboxylic acids is 2. The van der Waals surface area contributed by atoms with Crippen molar-refractivity contribution in [2.24, 2.45) is 22.7 Å². The first-order valence-corrected chi connectivity index (χ1v) is 13.1. The highest BCUT2D eigenvalue weighted by molar-refractivity contribution is 6.11. The van der Waals surface area contributed by atoms with Crippen LogP contribution in [0.15, 0.2) is 72.8 Å². The number of carbonyl (C=O) groups is 2. The fraction of sp³-hybridized carbons (Fsp3) is 0.281. The maximum absolute atomic E-state index is 13.4. The molecule has 184 valence electrons. The normalized spacial score (nSPS) is 27.5. The molecule has 0 spiro atoms. The fourth-order valence-electron chi connectivity index (χ4n) is 7.52. The summed E-state index contributed by atoms with van der Waals surface area (Å²) in [5, 5.41) is 11.6. The van der Waals surface area contributed by atoms with Crippen molar-refractivity contribution in [1.29, 1.82) is 0 Å². The number of H-pyrrole nitrogens is 1. The summed E-state index contributed by atoms with van der Waals surface area (Å²) >= 11 is 0. The van der Waals surface area contributed by atoms with Crippen LogP contribution in [0.25, 0.3) is 23.1 Å². The average molecular weight is 488 g/mol. The number of ketones is 1. The van der Waals surface area contributed by atoms with E-state index in [9.17, 15) is 9.59 Å². The molecule has 5 nitrogen and oxygen atoms in total. The molecular weight excluding hydrogens is 458 g/mol. The van der Waals surface area contributed by atoms with Crippen LogP contribution in [0.1, 0.15) is 59.8 Å². The van der Waals surface area contributed by atoms with Gasteiger partial charge in [-0.3, -0.25) is 14.7 Å². The van der Waals surface area contributed by atoms with Crippen molar-refractivity contribution in [3.63, 3.8) is 0 Å². The van der Waals surface area contributed by atoms with E-state index in [-0.39, 0.29) is 17.1 Å². The van der Waals surface area contributed by atoms with Gasteiger partial charge < -0.3 is 5.32 Å². The minimum atomic E-state index is -0.211. The van der Waals surface area contributed by atoms with Gasteiger partial charge in [-0.15, -0.1) is 0 Å². The predicted molar refractivity (Wildman–Crippen MR) is 146 cm³/mol. The number of anilines is 1. The fourth-order valence-corrected chi connectivity index (χ4v) is 7.52. The van der Waals surface area contributed by atoms with E-state index in [1.54, 1.807) is 12.1 Å². The van der Waals surface area contributed by atoms with Crippen LogP contribution in [0.4, 0.5) is 5.69 Å². The molecule has 4 aliphatic carbocycles. The second-order valence-electron chi connectivity index (χ2n) is 11.5. The predicted octanol–water partition coefficient (Wildman–Crippen LogP) is 6.73. The van der Waals surface area contributed by atoms with Crippen molar-refractivity contribution in [2.75, 3.05) is 5.32 Å². The van der Waals surface area contributed by atoms with Crippen LogP contribution in [-0.2, 0) is 4.79 Å². The van der Waals surface area contributed by atoms with Crippen molar-refractivity contribution in [2.45, 2.75) is 32.6 Å². The first-order chi connectivity index (χ1) is 17.9. The van der Waals surface area contributed by atoms with Gasteiger partial charge in [0.05, 0.1) is 16.6 Å². The Bertz CT molecular complexity index is 1590. The summed E-state index contributed by atoms with van der Waals surface area (Å²) in [6.45, 7) is 2.36. The van der Waals surface area contributed by atoms with E-state index in [2.05, 4.69) is 22.4 Å².